The van der Waals surface area contributed by atoms with Gasteiger partial charge in [-0.15, -0.1) is 11.3 Å². The summed E-state index contributed by atoms with van der Waals surface area (Å²) in [6.45, 7) is 0. The average Bonchev–Trinajstić information content (AvgIpc) is 3.08. The van der Waals surface area contributed by atoms with Gasteiger partial charge in [0, 0.05) is 35.0 Å². The van der Waals surface area contributed by atoms with Gasteiger partial charge in [0.1, 0.15) is 4.83 Å². The highest BCUT2D eigenvalue weighted by Gasteiger charge is 2.10. The molecule has 0 fully saturated rings. The maximum Gasteiger partial charge on any atom is 0.269 e. The first-order valence-electron chi connectivity index (χ1n) is 6.92. The summed E-state index contributed by atoms with van der Waals surface area (Å²) in [5, 5.41) is 14.1. The van der Waals surface area contributed by atoms with E-state index in [2.05, 4.69) is 28.0 Å². The van der Waals surface area contributed by atoms with Crippen LogP contribution in [0.1, 0.15) is 11.3 Å². The maximum atomic E-state index is 10.7. The lowest BCUT2D eigenvalue weighted by molar-refractivity contribution is -0.384. The molecular weight excluding hydrogens is 296 g/mol. The van der Waals surface area contributed by atoms with Crippen molar-refractivity contribution in [2.45, 2.75) is 6.42 Å². The van der Waals surface area contributed by atoms with Crippen LogP contribution >= 0.6 is 11.3 Å². The smallest absolute Gasteiger partial charge is 0.269 e. The van der Waals surface area contributed by atoms with Crippen LogP contribution in [0.4, 0.5) is 5.69 Å². The molecule has 0 saturated carbocycles. The highest BCUT2D eigenvalue weighted by Crippen LogP contribution is 2.28. The number of thiazole rings is 1. The van der Waals surface area contributed by atoms with Crippen LogP contribution in [0.25, 0.3) is 15.7 Å². The van der Waals surface area contributed by atoms with Gasteiger partial charge in [0.05, 0.1) is 10.4 Å². The van der Waals surface area contributed by atoms with Crippen molar-refractivity contribution in [2.24, 2.45) is 0 Å². The Morgan fingerprint density at radius 2 is 1.86 bits per heavy atom. The fourth-order valence-electron chi connectivity index (χ4n) is 2.76. The van der Waals surface area contributed by atoms with Crippen molar-refractivity contribution < 1.29 is 4.92 Å². The lowest BCUT2D eigenvalue weighted by atomic mass is 10.1. The summed E-state index contributed by atoms with van der Waals surface area (Å²) in [6, 6.07) is 17.3. The Labute approximate surface area is 130 Å². The van der Waals surface area contributed by atoms with Gasteiger partial charge in [-0.2, -0.15) is 0 Å². The molecule has 0 spiro atoms. The Hall–Kier alpha value is -2.66. The molecule has 108 valence electrons. The van der Waals surface area contributed by atoms with Gasteiger partial charge < -0.3 is 4.40 Å². The minimum absolute atomic E-state index is 0.130. The third kappa shape index (κ3) is 2.07. The Morgan fingerprint density at radius 1 is 1.09 bits per heavy atom. The van der Waals surface area contributed by atoms with E-state index in [9.17, 15) is 10.1 Å². The van der Waals surface area contributed by atoms with E-state index in [0.29, 0.717) is 0 Å². The fourth-order valence-corrected chi connectivity index (χ4v) is 3.72. The molecule has 0 saturated heterocycles. The number of para-hydroxylation sites is 1. The molecule has 0 N–H and O–H groups in total. The molecule has 22 heavy (non-hydrogen) atoms. The fraction of sp³-hybridized carbons (Fsp3) is 0.0588. The summed E-state index contributed by atoms with van der Waals surface area (Å²) in [7, 11) is 0. The second-order valence-corrected chi connectivity index (χ2v) is 6.09. The summed E-state index contributed by atoms with van der Waals surface area (Å²) < 4.78 is 2.27. The first-order valence-corrected chi connectivity index (χ1v) is 7.80. The van der Waals surface area contributed by atoms with E-state index >= 15 is 0 Å². The molecule has 0 amide bonds. The number of non-ortho nitro benzene ring substituents is 1. The zero-order valence-electron chi connectivity index (χ0n) is 11.6. The Bertz CT molecular complexity index is 983. The zero-order chi connectivity index (χ0) is 15.1. The minimum Gasteiger partial charge on any atom is -0.304 e. The maximum absolute atomic E-state index is 10.7. The number of nitrogens with zero attached hydrogens (tertiary/aromatic N) is 2. The standard InChI is InChI=1S/C17H12N2O2S/c20-19(21)14-7-5-12(6-8-14)9-15-11-22-17-10-13-3-1-2-4-16(13)18(15)17/h1-8,10-11H,9H2. The van der Waals surface area contributed by atoms with Gasteiger partial charge in [-0.3, -0.25) is 10.1 Å². The number of hydrogen-bond acceptors (Lipinski definition) is 3. The van der Waals surface area contributed by atoms with Crippen molar-refractivity contribution >= 4 is 32.8 Å². The van der Waals surface area contributed by atoms with E-state index in [1.165, 1.54) is 21.4 Å². The van der Waals surface area contributed by atoms with Crippen LogP contribution in [-0.2, 0) is 6.42 Å². The second-order valence-electron chi connectivity index (χ2n) is 5.20. The molecule has 4 rings (SSSR count). The molecule has 4 nitrogen and oxygen atoms in total. The van der Waals surface area contributed by atoms with E-state index in [1.54, 1.807) is 23.5 Å². The van der Waals surface area contributed by atoms with Crippen molar-refractivity contribution in [2.75, 3.05) is 0 Å². The molecule has 0 aliphatic carbocycles. The number of benzene rings is 2. The molecule has 0 bridgehead atoms. The highest BCUT2D eigenvalue weighted by atomic mass is 32.1. The first kappa shape index (κ1) is 13.0. The van der Waals surface area contributed by atoms with Gasteiger partial charge in [-0.1, -0.05) is 30.3 Å². The number of nitro benzene ring substituents is 1. The van der Waals surface area contributed by atoms with E-state index in [1.807, 2.05) is 24.3 Å². The van der Waals surface area contributed by atoms with Crippen LogP contribution < -0.4 is 0 Å². The van der Waals surface area contributed by atoms with Crippen molar-refractivity contribution in [3.8, 4) is 0 Å². The molecule has 2 heterocycles. The van der Waals surface area contributed by atoms with Gasteiger partial charge >= 0.3 is 0 Å². The summed E-state index contributed by atoms with van der Waals surface area (Å²) in [5.41, 5.74) is 3.61. The van der Waals surface area contributed by atoms with Crippen LogP contribution in [0.3, 0.4) is 0 Å². The predicted molar refractivity (Wildman–Crippen MR) is 88.7 cm³/mol. The van der Waals surface area contributed by atoms with Crippen LogP contribution in [0.5, 0.6) is 0 Å². The monoisotopic (exact) mass is 308 g/mol. The highest BCUT2D eigenvalue weighted by molar-refractivity contribution is 7.15. The molecule has 2 aromatic carbocycles. The molecular formula is C17H12N2O2S. The number of nitro groups is 1. The molecule has 0 radical (unpaired) electrons. The zero-order valence-corrected chi connectivity index (χ0v) is 12.4. The summed E-state index contributed by atoms with van der Waals surface area (Å²) >= 11 is 1.72. The molecule has 0 atom stereocenters. The normalized spacial score (nSPS) is 11.3. The Balaban J connectivity index is 1.76. The van der Waals surface area contributed by atoms with Gasteiger partial charge in [-0.25, -0.2) is 0 Å². The lowest BCUT2D eigenvalue weighted by Gasteiger charge is -2.02. The topological polar surface area (TPSA) is 47.5 Å². The molecule has 5 heteroatoms. The Kier molecular flexibility index (Phi) is 2.94. The largest absolute Gasteiger partial charge is 0.304 e. The second kappa shape index (κ2) is 4.96. The van der Waals surface area contributed by atoms with Crippen molar-refractivity contribution in [1.82, 2.24) is 4.40 Å². The van der Waals surface area contributed by atoms with Crippen LogP contribution in [0.2, 0.25) is 0 Å². The molecule has 0 aliphatic heterocycles. The quantitative estimate of drug-likeness (QED) is 0.408. The third-order valence-corrected chi connectivity index (χ3v) is 4.74. The van der Waals surface area contributed by atoms with E-state index in [0.717, 1.165) is 12.0 Å². The van der Waals surface area contributed by atoms with E-state index in [-0.39, 0.29) is 10.6 Å². The van der Waals surface area contributed by atoms with Crippen LogP contribution in [0, 0.1) is 10.1 Å². The van der Waals surface area contributed by atoms with Crippen molar-refractivity contribution in [3.63, 3.8) is 0 Å². The van der Waals surface area contributed by atoms with Crippen molar-refractivity contribution in [3.05, 3.63) is 81.3 Å². The molecule has 0 unspecified atom stereocenters. The Morgan fingerprint density at radius 3 is 2.64 bits per heavy atom. The minimum atomic E-state index is -0.369. The first-order chi connectivity index (χ1) is 10.7. The summed E-state index contributed by atoms with van der Waals surface area (Å²) in [4.78, 5) is 11.6. The van der Waals surface area contributed by atoms with Gasteiger partial charge in [-0.05, 0) is 17.7 Å². The van der Waals surface area contributed by atoms with Crippen LogP contribution in [0.15, 0.2) is 60.0 Å². The molecule has 0 aliphatic rings. The summed E-state index contributed by atoms with van der Waals surface area (Å²) in [5.74, 6) is 0. The summed E-state index contributed by atoms with van der Waals surface area (Å²) in [6.07, 6.45) is 0.761. The number of aromatic nitrogens is 1. The van der Waals surface area contributed by atoms with Gasteiger partial charge in [0.15, 0.2) is 0 Å². The van der Waals surface area contributed by atoms with Crippen molar-refractivity contribution in [1.29, 1.82) is 0 Å². The number of fused-ring (bicyclic) bond motifs is 3. The molecule has 2 aromatic heterocycles. The lowest BCUT2D eigenvalue weighted by Crippen LogP contribution is -1.94. The predicted octanol–water partition coefficient (Wildman–Crippen LogP) is 4.65. The van der Waals surface area contributed by atoms with Crippen LogP contribution in [-0.4, -0.2) is 9.32 Å². The van der Waals surface area contributed by atoms with E-state index in [4.69, 9.17) is 0 Å². The van der Waals surface area contributed by atoms with E-state index < -0.39 is 0 Å². The third-order valence-electron chi connectivity index (χ3n) is 3.81. The van der Waals surface area contributed by atoms with Gasteiger partial charge in [0.2, 0.25) is 0 Å². The number of rotatable bonds is 3. The molecule has 4 aromatic rings. The average molecular weight is 308 g/mol. The SMILES string of the molecule is O=[N+]([O-])c1ccc(Cc2csc3cc4ccccc4n23)cc1. The van der Waals surface area contributed by atoms with Gasteiger partial charge in [0.25, 0.3) is 5.69 Å². The number of hydrogen-bond donors (Lipinski definition) is 0.